The number of ketones is 2. The minimum atomic E-state index is -4.83. The van der Waals surface area contributed by atoms with E-state index in [9.17, 15) is 55.1 Å². The quantitative estimate of drug-likeness (QED) is 0.0484. The van der Waals surface area contributed by atoms with Crippen LogP contribution in [0, 0.1) is 13.8 Å². The lowest BCUT2D eigenvalue weighted by atomic mass is 10.0. The van der Waals surface area contributed by atoms with E-state index in [-0.39, 0.29) is 54.0 Å². The number of nitrogens with one attached hydrogen (secondary N) is 4. The van der Waals surface area contributed by atoms with Crippen molar-refractivity contribution in [1.82, 2.24) is 0 Å². The van der Waals surface area contributed by atoms with Crippen molar-refractivity contribution in [3.05, 3.63) is 138 Å². The maximum atomic E-state index is 13.6. The molecule has 5 rings (SSSR count). The van der Waals surface area contributed by atoms with E-state index < -0.39 is 82.1 Å². The molecule has 5 aromatic rings. The van der Waals surface area contributed by atoms with Crippen molar-refractivity contribution in [2.24, 2.45) is 20.5 Å². The molecule has 0 fully saturated rings. The standard InChI is InChI=1S/C44H32Cl4F6N8O6/c1-19-20(2)34(56-42(68)38(22(4)64)62-60-26-8-12-32(48)28(18-26)40(66)58-36-16-24(46)6-10-30(36)44(52,53)54)14-13-33(19)55-41(67)37(21(3)63)61-59-25-7-11-31(47)27(17-25)39(65)57-35-15-23(45)5-9-29(35)43(49,50)51/h5-18,37-38H,1-4H3,(H,55,67)(H,56,68)(H,57,65)(H,58,66). The number of carbonyl (C=O) groups excluding carboxylic acids is 6. The summed E-state index contributed by atoms with van der Waals surface area (Å²) in [5.74, 6) is -5.51. The SMILES string of the molecule is CC(=O)C(N=Nc1ccc(Cl)c(C(=O)Nc2cc(Cl)ccc2C(F)(F)F)c1)C(=O)Nc1ccc(NC(=O)C(N=Nc2ccc(Cl)c(C(=O)Nc3cc(Cl)ccc3C(F)(F)F)c2)C(C)=O)c(C)c1C. The van der Waals surface area contributed by atoms with Gasteiger partial charge in [-0.05, 0) is 124 Å². The van der Waals surface area contributed by atoms with E-state index in [2.05, 4.69) is 41.7 Å². The van der Waals surface area contributed by atoms with Crippen molar-refractivity contribution in [3.8, 4) is 0 Å². The summed E-state index contributed by atoms with van der Waals surface area (Å²) >= 11 is 24.1. The Bertz CT molecular complexity index is 2740. The van der Waals surface area contributed by atoms with E-state index in [1.54, 1.807) is 13.8 Å². The molecule has 14 nitrogen and oxygen atoms in total. The highest BCUT2D eigenvalue weighted by Gasteiger charge is 2.36. The van der Waals surface area contributed by atoms with Crippen LogP contribution < -0.4 is 21.3 Å². The first kappa shape index (κ1) is 52.2. The van der Waals surface area contributed by atoms with E-state index >= 15 is 0 Å². The second kappa shape index (κ2) is 21.5. The van der Waals surface area contributed by atoms with Gasteiger partial charge >= 0.3 is 12.4 Å². The van der Waals surface area contributed by atoms with Crippen LogP contribution in [0.1, 0.15) is 56.8 Å². The number of rotatable bonds is 14. The van der Waals surface area contributed by atoms with Gasteiger partial charge in [0.05, 0.1) is 55.0 Å². The third-order valence-corrected chi connectivity index (χ3v) is 10.7. The Morgan fingerprint density at radius 3 is 1.16 bits per heavy atom. The first-order valence-corrected chi connectivity index (χ1v) is 20.8. The van der Waals surface area contributed by atoms with Crippen molar-refractivity contribution in [3.63, 3.8) is 0 Å². The van der Waals surface area contributed by atoms with Crippen LogP contribution in [0.15, 0.2) is 105 Å². The summed E-state index contributed by atoms with van der Waals surface area (Å²) in [4.78, 5) is 78.0. The van der Waals surface area contributed by atoms with Crippen LogP contribution >= 0.6 is 46.4 Å². The summed E-state index contributed by atoms with van der Waals surface area (Å²) in [5, 5.41) is 24.3. The van der Waals surface area contributed by atoms with Gasteiger partial charge in [0.25, 0.3) is 23.6 Å². The molecule has 2 atom stereocenters. The van der Waals surface area contributed by atoms with Crippen LogP contribution in [0.3, 0.4) is 0 Å². The Kier molecular flexibility index (Phi) is 16.5. The predicted octanol–water partition coefficient (Wildman–Crippen LogP) is 12.8. The second-order valence-electron chi connectivity index (χ2n) is 14.5. The minimum Gasteiger partial charge on any atom is -0.324 e. The molecule has 0 saturated heterocycles. The first-order valence-electron chi connectivity index (χ1n) is 19.2. The van der Waals surface area contributed by atoms with Crippen molar-refractivity contribution >= 4 is 116 Å². The van der Waals surface area contributed by atoms with Crippen molar-refractivity contribution < 1.29 is 55.1 Å². The average Bonchev–Trinajstić information content (AvgIpc) is 3.23. The van der Waals surface area contributed by atoms with Gasteiger partial charge in [0, 0.05) is 21.4 Å². The Labute approximate surface area is 401 Å². The highest BCUT2D eigenvalue weighted by molar-refractivity contribution is 6.35. The van der Waals surface area contributed by atoms with E-state index in [1.807, 2.05) is 0 Å². The Hall–Kier alpha value is -6.74. The summed E-state index contributed by atoms with van der Waals surface area (Å²) in [6, 6.07) is 11.6. The molecule has 354 valence electrons. The smallest absolute Gasteiger partial charge is 0.324 e. The van der Waals surface area contributed by atoms with E-state index in [0.717, 1.165) is 50.2 Å². The number of carbonyl (C=O) groups is 6. The molecule has 4 N–H and O–H groups in total. The summed E-state index contributed by atoms with van der Waals surface area (Å²) in [6.45, 7) is 5.26. The third-order valence-electron chi connectivity index (χ3n) is 9.61. The molecule has 0 radical (unpaired) electrons. The lowest BCUT2D eigenvalue weighted by Crippen LogP contribution is -2.33. The molecule has 0 spiro atoms. The Morgan fingerprint density at radius 2 is 0.838 bits per heavy atom. The number of amides is 4. The van der Waals surface area contributed by atoms with Crippen LogP contribution in [0.4, 0.5) is 60.5 Å². The minimum absolute atomic E-state index is 0.0851. The largest absolute Gasteiger partial charge is 0.418 e. The molecule has 5 aromatic carbocycles. The van der Waals surface area contributed by atoms with Crippen LogP contribution in [0.2, 0.25) is 20.1 Å². The molecule has 0 aliphatic carbocycles. The molecular weight excluding hydrogens is 992 g/mol. The second-order valence-corrected chi connectivity index (χ2v) is 16.1. The molecule has 68 heavy (non-hydrogen) atoms. The summed E-state index contributed by atoms with van der Waals surface area (Å²) < 4.78 is 81.5. The number of hydrogen-bond acceptors (Lipinski definition) is 10. The van der Waals surface area contributed by atoms with Crippen molar-refractivity contribution in [1.29, 1.82) is 0 Å². The summed E-state index contributed by atoms with van der Waals surface area (Å²) in [7, 11) is 0. The van der Waals surface area contributed by atoms with Gasteiger partial charge in [0.1, 0.15) is 0 Å². The fourth-order valence-corrected chi connectivity index (χ4v) is 6.74. The zero-order valence-corrected chi connectivity index (χ0v) is 38.3. The lowest BCUT2D eigenvalue weighted by molar-refractivity contribution is -0.137. The highest BCUT2D eigenvalue weighted by atomic mass is 35.5. The van der Waals surface area contributed by atoms with E-state index in [4.69, 9.17) is 46.4 Å². The fraction of sp³-hybridized carbons (Fsp3) is 0.182. The number of halogens is 10. The number of anilines is 4. The Morgan fingerprint density at radius 1 is 0.485 bits per heavy atom. The third kappa shape index (κ3) is 13.0. The van der Waals surface area contributed by atoms with Gasteiger partial charge in [-0.15, -0.1) is 0 Å². The fourth-order valence-electron chi connectivity index (χ4n) is 5.99. The molecule has 4 amide bonds. The monoisotopic (exact) mass is 1020 g/mol. The topological polar surface area (TPSA) is 200 Å². The number of alkyl halides is 6. The number of azo groups is 2. The van der Waals surface area contributed by atoms with E-state index in [0.29, 0.717) is 23.3 Å². The zero-order valence-electron chi connectivity index (χ0n) is 35.3. The molecule has 0 aliphatic rings. The average molecular weight is 1020 g/mol. The normalized spacial score (nSPS) is 12.7. The maximum Gasteiger partial charge on any atom is 0.418 e. The molecule has 0 saturated carbocycles. The number of Topliss-reactive ketones (excluding diaryl/α,β-unsaturated/α-hetero) is 2. The zero-order chi connectivity index (χ0) is 50.4. The lowest BCUT2D eigenvalue weighted by Gasteiger charge is -2.17. The van der Waals surface area contributed by atoms with Gasteiger partial charge in [0.15, 0.2) is 11.6 Å². The van der Waals surface area contributed by atoms with Crippen LogP contribution in [-0.2, 0) is 31.5 Å². The van der Waals surface area contributed by atoms with Crippen LogP contribution in [-0.4, -0.2) is 47.3 Å². The molecule has 0 heterocycles. The van der Waals surface area contributed by atoms with Crippen LogP contribution in [0.25, 0.3) is 0 Å². The molecular formula is C44H32Cl4F6N8O6. The molecule has 0 aliphatic heterocycles. The van der Waals surface area contributed by atoms with Gasteiger partial charge in [0.2, 0.25) is 12.1 Å². The summed E-state index contributed by atoms with van der Waals surface area (Å²) in [5.41, 5.74) is -3.32. The molecule has 24 heteroatoms. The first-order chi connectivity index (χ1) is 31.7. The predicted molar refractivity (Wildman–Crippen MR) is 243 cm³/mol. The van der Waals surface area contributed by atoms with E-state index in [1.165, 1.54) is 36.4 Å². The summed E-state index contributed by atoms with van der Waals surface area (Å²) in [6.07, 6.45) is -9.66. The Balaban J connectivity index is 1.28. The van der Waals surface area contributed by atoms with Gasteiger partial charge in [-0.3, -0.25) is 28.8 Å². The number of hydrogen-bond donors (Lipinski definition) is 4. The van der Waals surface area contributed by atoms with Gasteiger partial charge < -0.3 is 21.3 Å². The molecule has 2 unspecified atom stereocenters. The maximum absolute atomic E-state index is 13.6. The van der Waals surface area contributed by atoms with Crippen molar-refractivity contribution in [2.45, 2.75) is 52.1 Å². The number of nitrogens with zero attached hydrogens (tertiary/aromatic N) is 4. The van der Waals surface area contributed by atoms with Gasteiger partial charge in [-0.25, -0.2) is 0 Å². The molecule has 0 bridgehead atoms. The highest BCUT2D eigenvalue weighted by Crippen LogP contribution is 2.38. The van der Waals surface area contributed by atoms with Crippen LogP contribution in [0.5, 0.6) is 0 Å². The van der Waals surface area contributed by atoms with Gasteiger partial charge in [-0.1, -0.05) is 46.4 Å². The van der Waals surface area contributed by atoms with Crippen molar-refractivity contribution in [2.75, 3.05) is 21.3 Å². The molecule has 0 aromatic heterocycles. The van der Waals surface area contributed by atoms with Gasteiger partial charge in [-0.2, -0.15) is 46.8 Å². The number of benzene rings is 5.